The number of fused-ring (bicyclic) bond motifs is 1. The zero-order valence-electron chi connectivity index (χ0n) is 17.0. The zero-order chi connectivity index (χ0) is 21.4. The molecule has 1 spiro atoms. The van der Waals surface area contributed by atoms with Crippen molar-refractivity contribution in [1.82, 2.24) is 5.32 Å². The topological polar surface area (TPSA) is 129 Å². The Bertz CT molecular complexity index is 776. The summed E-state index contributed by atoms with van der Waals surface area (Å²) in [4.78, 5) is 34.3. The highest BCUT2D eigenvalue weighted by molar-refractivity contribution is 5.93. The number of hydrogen-bond donors (Lipinski definition) is 3. The quantitative estimate of drug-likeness (QED) is 0.417. The van der Waals surface area contributed by atoms with Gasteiger partial charge in [-0.3, -0.25) is 9.59 Å². The number of esters is 1. The van der Waals surface area contributed by atoms with Gasteiger partial charge in [0, 0.05) is 37.6 Å². The number of benzene rings is 1. The van der Waals surface area contributed by atoms with Crippen LogP contribution >= 0.6 is 0 Å². The first-order valence-corrected chi connectivity index (χ1v) is 10.5. The molecule has 4 N–H and O–H groups in total. The molecule has 0 atom stereocenters. The Morgan fingerprint density at radius 3 is 2.57 bits per heavy atom. The molecule has 0 bridgehead atoms. The van der Waals surface area contributed by atoms with E-state index in [-0.39, 0.29) is 13.0 Å². The number of nitrogens with one attached hydrogen (secondary N) is 2. The molecule has 0 radical (unpaired) electrons. The van der Waals surface area contributed by atoms with Gasteiger partial charge in [0.05, 0.1) is 0 Å². The number of carbonyl (C=O) groups is 3. The van der Waals surface area contributed by atoms with Gasteiger partial charge in [0.15, 0.2) is 18.1 Å². The first-order chi connectivity index (χ1) is 14.5. The van der Waals surface area contributed by atoms with Crippen LogP contribution in [0.3, 0.4) is 0 Å². The zero-order valence-corrected chi connectivity index (χ0v) is 17.0. The molecule has 1 saturated carbocycles. The Kier molecular flexibility index (Phi) is 7.37. The Labute approximate surface area is 175 Å². The minimum atomic E-state index is -0.561. The minimum absolute atomic E-state index is 0.218. The average Bonchev–Trinajstić information content (AvgIpc) is 3.05. The van der Waals surface area contributed by atoms with Crippen LogP contribution in [-0.4, -0.2) is 36.8 Å². The molecule has 164 valence electrons. The maximum Gasteiger partial charge on any atom is 0.312 e. The maximum atomic E-state index is 12.1. The standard InChI is InChI=1S/C21H29N3O6/c22-20(27)23-12-6-1-3-7-19(26)28-14-18(25)24-15-8-9-16-17(13-15)30-21(29-16)10-4-2-5-11-21/h8-9,13H,1-7,10-12,14H2,(H,24,25)(H3,22,23,27). The molecule has 30 heavy (non-hydrogen) atoms. The summed E-state index contributed by atoms with van der Waals surface area (Å²) in [6, 6.07) is 4.70. The fourth-order valence-electron chi connectivity index (χ4n) is 3.66. The van der Waals surface area contributed by atoms with Gasteiger partial charge < -0.3 is 30.6 Å². The Morgan fingerprint density at radius 2 is 1.80 bits per heavy atom. The normalized spacial score (nSPS) is 16.1. The summed E-state index contributed by atoms with van der Waals surface area (Å²) in [5, 5.41) is 5.19. The molecule has 1 aliphatic carbocycles. The van der Waals surface area contributed by atoms with Gasteiger partial charge in [0.2, 0.25) is 0 Å². The Hall–Kier alpha value is -2.97. The van der Waals surface area contributed by atoms with Crippen molar-refractivity contribution < 1.29 is 28.6 Å². The van der Waals surface area contributed by atoms with Crippen LogP contribution in [0.2, 0.25) is 0 Å². The molecule has 2 aliphatic rings. The van der Waals surface area contributed by atoms with E-state index < -0.39 is 23.7 Å². The van der Waals surface area contributed by atoms with Crippen LogP contribution in [-0.2, 0) is 14.3 Å². The first-order valence-electron chi connectivity index (χ1n) is 10.5. The van der Waals surface area contributed by atoms with Crippen LogP contribution in [0.15, 0.2) is 18.2 Å². The summed E-state index contributed by atoms with van der Waals surface area (Å²) in [7, 11) is 0. The number of amides is 3. The van der Waals surface area contributed by atoms with Crippen molar-refractivity contribution >= 4 is 23.6 Å². The number of nitrogens with two attached hydrogens (primary N) is 1. The molecule has 1 heterocycles. The lowest BCUT2D eigenvalue weighted by Crippen LogP contribution is -2.40. The van der Waals surface area contributed by atoms with E-state index in [0.717, 1.165) is 38.5 Å². The van der Waals surface area contributed by atoms with Crippen LogP contribution in [0.1, 0.15) is 57.8 Å². The lowest BCUT2D eigenvalue weighted by molar-refractivity contribution is -0.147. The number of rotatable bonds is 9. The molecular formula is C21H29N3O6. The molecule has 3 rings (SSSR count). The largest absolute Gasteiger partial charge is 0.456 e. The van der Waals surface area contributed by atoms with Crippen LogP contribution in [0.4, 0.5) is 10.5 Å². The average molecular weight is 419 g/mol. The molecule has 9 nitrogen and oxygen atoms in total. The lowest BCUT2D eigenvalue weighted by atomic mass is 9.94. The van der Waals surface area contributed by atoms with Gasteiger partial charge in [0.1, 0.15) is 0 Å². The van der Waals surface area contributed by atoms with Gasteiger partial charge >= 0.3 is 12.0 Å². The number of urea groups is 1. The van der Waals surface area contributed by atoms with E-state index >= 15 is 0 Å². The maximum absolute atomic E-state index is 12.1. The van der Waals surface area contributed by atoms with Crippen LogP contribution in [0.5, 0.6) is 11.5 Å². The number of carbonyl (C=O) groups excluding carboxylic acids is 3. The van der Waals surface area contributed by atoms with Crippen LogP contribution < -0.4 is 25.8 Å². The summed E-state index contributed by atoms with van der Waals surface area (Å²) >= 11 is 0. The van der Waals surface area contributed by atoms with E-state index in [9.17, 15) is 14.4 Å². The molecule has 1 fully saturated rings. The van der Waals surface area contributed by atoms with E-state index in [1.54, 1.807) is 18.2 Å². The van der Waals surface area contributed by atoms with Crippen LogP contribution in [0, 0.1) is 0 Å². The predicted molar refractivity (Wildman–Crippen MR) is 109 cm³/mol. The molecule has 0 unspecified atom stereocenters. The highest BCUT2D eigenvalue weighted by Gasteiger charge is 2.42. The van der Waals surface area contributed by atoms with Gasteiger partial charge in [-0.1, -0.05) is 12.8 Å². The SMILES string of the molecule is NC(=O)NCCCCCC(=O)OCC(=O)Nc1ccc2c(c1)OC1(CCCCC1)O2. The minimum Gasteiger partial charge on any atom is -0.456 e. The Balaban J connectivity index is 1.35. The molecule has 1 aromatic carbocycles. The fourth-order valence-corrected chi connectivity index (χ4v) is 3.66. The summed E-state index contributed by atoms with van der Waals surface area (Å²) in [5.74, 6) is -0.0997. The second kappa shape index (κ2) is 10.2. The highest BCUT2D eigenvalue weighted by Crippen LogP contribution is 2.46. The molecule has 0 aromatic heterocycles. The van der Waals surface area contributed by atoms with Crippen molar-refractivity contribution in [2.45, 2.75) is 63.6 Å². The summed E-state index contributed by atoms with van der Waals surface area (Å²) in [6.07, 6.45) is 7.38. The van der Waals surface area contributed by atoms with E-state index in [4.69, 9.17) is 19.9 Å². The second-order valence-electron chi connectivity index (χ2n) is 7.65. The van der Waals surface area contributed by atoms with E-state index in [1.165, 1.54) is 6.42 Å². The van der Waals surface area contributed by atoms with Crippen molar-refractivity contribution in [3.8, 4) is 11.5 Å². The van der Waals surface area contributed by atoms with Gasteiger partial charge in [-0.05, 0) is 37.8 Å². The third-order valence-electron chi connectivity index (χ3n) is 5.16. The summed E-state index contributed by atoms with van der Waals surface area (Å²) in [5.41, 5.74) is 5.53. The molecule has 0 saturated heterocycles. The van der Waals surface area contributed by atoms with Gasteiger partial charge in [0.25, 0.3) is 11.7 Å². The van der Waals surface area contributed by atoms with E-state index in [1.807, 2.05) is 0 Å². The summed E-state index contributed by atoms with van der Waals surface area (Å²) in [6.45, 7) is 0.129. The van der Waals surface area contributed by atoms with Gasteiger partial charge in [-0.15, -0.1) is 0 Å². The van der Waals surface area contributed by atoms with Crippen LogP contribution in [0.25, 0.3) is 0 Å². The number of ether oxygens (including phenoxy) is 3. The van der Waals surface area contributed by atoms with Crippen molar-refractivity contribution in [3.63, 3.8) is 0 Å². The highest BCUT2D eigenvalue weighted by atomic mass is 16.7. The summed E-state index contributed by atoms with van der Waals surface area (Å²) < 4.78 is 17.1. The van der Waals surface area contributed by atoms with E-state index in [2.05, 4.69) is 10.6 Å². The number of anilines is 1. The lowest BCUT2D eigenvalue weighted by Gasteiger charge is -2.31. The fraction of sp³-hybridized carbons (Fsp3) is 0.571. The van der Waals surface area contributed by atoms with Crippen molar-refractivity contribution in [2.75, 3.05) is 18.5 Å². The number of hydrogen-bond acceptors (Lipinski definition) is 6. The molecule has 1 aliphatic heterocycles. The smallest absolute Gasteiger partial charge is 0.312 e. The molecule has 1 aromatic rings. The third-order valence-corrected chi connectivity index (χ3v) is 5.16. The first kappa shape index (κ1) is 21.7. The van der Waals surface area contributed by atoms with E-state index in [0.29, 0.717) is 30.2 Å². The molecule has 3 amide bonds. The van der Waals surface area contributed by atoms with Gasteiger partial charge in [-0.25, -0.2) is 4.79 Å². The van der Waals surface area contributed by atoms with Gasteiger partial charge in [-0.2, -0.15) is 0 Å². The number of primary amides is 1. The van der Waals surface area contributed by atoms with Crippen molar-refractivity contribution in [2.24, 2.45) is 5.73 Å². The molecule has 9 heteroatoms. The monoisotopic (exact) mass is 419 g/mol. The molecular weight excluding hydrogens is 390 g/mol. The van der Waals surface area contributed by atoms with Crippen molar-refractivity contribution in [3.05, 3.63) is 18.2 Å². The number of unbranched alkanes of at least 4 members (excludes halogenated alkanes) is 2. The third kappa shape index (κ3) is 6.27. The second-order valence-corrected chi connectivity index (χ2v) is 7.65. The Morgan fingerprint density at radius 1 is 1.03 bits per heavy atom. The van der Waals surface area contributed by atoms with Crippen molar-refractivity contribution in [1.29, 1.82) is 0 Å². The predicted octanol–water partition coefficient (Wildman–Crippen LogP) is 2.83.